The highest BCUT2D eigenvalue weighted by molar-refractivity contribution is 6.31. The van der Waals surface area contributed by atoms with Gasteiger partial charge < -0.3 is 60.9 Å². The Morgan fingerprint density at radius 1 is 0.962 bits per heavy atom. The highest BCUT2D eigenvalue weighted by Gasteiger charge is 2.49. The van der Waals surface area contributed by atoms with Gasteiger partial charge in [0.2, 0.25) is 11.7 Å². The number of benzene rings is 2. The minimum Gasteiger partial charge on any atom is -0.507 e. The molecule has 0 radical (unpaired) electrons. The largest absolute Gasteiger partial charge is 0.507 e. The van der Waals surface area contributed by atoms with Gasteiger partial charge in [0.05, 0.1) is 79.5 Å². The molecule has 8 atom stereocenters. The minimum atomic E-state index is -2.10. The van der Waals surface area contributed by atoms with Crippen LogP contribution >= 0.6 is 0 Å². The number of hydrogen-bond acceptors (Lipinski definition) is 18. The van der Waals surface area contributed by atoms with E-state index in [4.69, 9.17) is 19.9 Å². The molecule has 1 fully saturated rings. The molecule has 428 valence electrons. The average molecular weight is 1090 g/mol. The molecule has 2 aliphatic carbocycles. The predicted molar refractivity (Wildman–Crippen MR) is 290 cm³/mol. The lowest BCUT2D eigenvalue weighted by Crippen LogP contribution is -2.53. The van der Waals surface area contributed by atoms with E-state index < -0.39 is 102 Å². The summed E-state index contributed by atoms with van der Waals surface area (Å²) in [5.41, 5.74) is 3.71. The summed E-state index contributed by atoms with van der Waals surface area (Å²) in [6.07, 6.45) is 20.9. The summed E-state index contributed by atoms with van der Waals surface area (Å²) in [6.45, 7) is 2.78. The number of hydrogen-bond donors (Lipinski definition) is 10. The number of nitrogens with one attached hydrogen (secondary N) is 3. The summed E-state index contributed by atoms with van der Waals surface area (Å²) < 4.78 is 19.0. The number of aromatic hydroxyl groups is 2. The van der Waals surface area contributed by atoms with Gasteiger partial charge in [-0.3, -0.25) is 24.7 Å². The third kappa shape index (κ3) is 15.2. The van der Waals surface area contributed by atoms with E-state index in [0.29, 0.717) is 17.8 Å². The summed E-state index contributed by atoms with van der Waals surface area (Å²) >= 11 is 0. The first kappa shape index (κ1) is 60.0. The van der Waals surface area contributed by atoms with Crippen LogP contribution in [-0.4, -0.2) is 135 Å². The monoisotopic (exact) mass is 1090 g/mol. The van der Waals surface area contributed by atoms with Gasteiger partial charge in [0.1, 0.15) is 41.4 Å². The molecule has 0 saturated carbocycles. The number of H-pyrrole nitrogens is 1. The van der Waals surface area contributed by atoms with Crippen LogP contribution in [0.25, 0.3) is 0 Å². The minimum absolute atomic E-state index is 0.00547. The van der Waals surface area contributed by atoms with Crippen LogP contribution in [0.5, 0.6) is 17.2 Å². The van der Waals surface area contributed by atoms with Crippen molar-refractivity contribution in [2.24, 2.45) is 10.7 Å². The number of aliphatic imine (C=N–C) groups is 1. The average Bonchev–Trinajstić information content (AvgIpc) is 4.21. The molecule has 0 spiro atoms. The fraction of sp³-hybridized carbons (Fsp3) is 0.632. The van der Waals surface area contributed by atoms with E-state index in [1.54, 1.807) is 13.1 Å². The standard InChI is InChI=1S/C57H83N9O12/c1-4-5-6-7-8-9-10-11-12-13-14-15-16-17-18-19-20-24-45(68)63-41(25-36-29-59-33-61-36)56(74)60-30-37-31-66(65-64-37)34-62-44(32-67)57(75)27-39-48(43(28-57)78-46-26-40(58)51(69)35(2)77-46)55(73)50-49(53(39)71)52(70)38-22-21-23-42(76-3)47(38)54(50)72/h21-23,29,31,33,35,40-41,43,45-46,51,63,67-69,71,73,75H,4-20,24-28,30,32,34,58H2,1-3H3,(H,59,61)(H,60,74). The number of aliphatic hydroxyl groups excluding tert-OH is 3. The SMILES string of the molecule is CCCCCCCCCCCCCCCCCCCC(O)NC(Cc1cnc[nH]1)C(=O)NCc1cn(CN=C(CO)C2(O)Cc3c(O)c4c(c(O)c3C(OC3CC(N)C(O)C(C)O3)C2)C(=O)c2c(OC)cccc2C4=O)nn1. The number of ether oxygens (including phenoxy) is 3. The van der Waals surface area contributed by atoms with Gasteiger partial charge in [-0.25, -0.2) is 9.67 Å². The Bertz CT molecular complexity index is 2610. The van der Waals surface area contributed by atoms with Crippen LogP contribution in [0.15, 0.2) is 41.9 Å². The summed E-state index contributed by atoms with van der Waals surface area (Å²) in [5, 5.41) is 83.1. The van der Waals surface area contributed by atoms with E-state index in [1.807, 2.05) is 0 Å². The topological polar surface area (TPSA) is 322 Å². The van der Waals surface area contributed by atoms with E-state index in [0.717, 1.165) is 19.3 Å². The number of carbonyl (C=O) groups excluding carboxylic acids is 3. The van der Waals surface area contributed by atoms with E-state index in [1.165, 1.54) is 132 Å². The molecule has 2 aromatic heterocycles. The first-order valence-electron chi connectivity index (χ1n) is 28.2. The number of methoxy groups -OCH3 is 1. The number of rotatable bonds is 32. The second-order valence-electron chi connectivity index (χ2n) is 21.4. The lowest BCUT2D eigenvalue weighted by atomic mass is 9.71. The first-order chi connectivity index (χ1) is 37.7. The number of unbranched alkanes of at least 4 members (excludes halogenated alkanes) is 16. The zero-order valence-electron chi connectivity index (χ0n) is 45.6. The summed E-state index contributed by atoms with van der Waals surface area (Å²) in [6, 6.07) is 2.85. The second kappa shape index (κ2) is 29.0. The Morgan fingerprint density at radius 2 is 1.62 bits per heavy atom. The van der Waals surface area contributed by atoms with Crippen LogP contribution in [0.3, 0.4) is 0 Å². The maximum atomic E-state index is 14.2. The van der Waals surface area contributed by atoms with Crippen molar-refractivity contribution in [2.75, 3.05) is 13.7 Å². The number of phenolic OH excluding ortho intramolecular Hbond substituents is 2. The number of phenols is 2. The van der Waals surface area contributed by atoms with Crippen LogP contribution < -0.4 is 21.1 Å². The molecule has 2 aromatic carbocycles. The molecule has 21 heteroatoms. The second-order valence-corrected chi connectivity index (χ2v) is 21.4. The molecular weight excluding hydrogens is 1000 g/mol. The van der Waals surface area contributed by atoms with Crippen molar-refractivity contribution in [3.63, 3.8) is 0 Å². The summed E-state index contributed by atoms with van der Waals surface area (Å²) in [7, 11) is 1.34. The molecule has 11 N–H and O–H groups in total. The molecular formula is C57H83N9O12. The maximum absolute atomic E-state index is 14.2. The van der Waals surface area contributed by atoms with Gasteiger partial charge in [0, 0.05) is 60.3 Å². The van der Waals surface area contributed by atoms with Gasteiger partial charge in [-0.05, 0) is 25.8 Å². The van der Waals surface area contributed by atoms with Crippen LogP contribution in [-0.2, 0) is 40.3 Å². The molecule has 1 amide bonds. The maximum Gasteiger partial charge on any atom is 0.237 e. The Hall–Kier alpha value is -5.65. The van der Waals surface area contributed by atoms with Crippen molar-refractivity contribution in [1.82, 2.24) is 35.6 Å². The van der Waals surface area contributed by atoms with E-state index in [9.17, 15) is 45.0 Å². The highest BCUT2D eigenvalue weighted by atomic mass is 16.7. The predicted octanol–water partition coefficient (Wildman–Crippen LogP) is 6.02. The molecule has 4 aromatic rings. The fourth-order valence-electron chi connectivity index (χ4n) is 11.1. The van der Waals surface area contributed by atoms with Crippen LogP contribution in [0.2, 0.25) is 0 Å². The van der Waals surface area contributed by atoms with E-state index in [2.05, 4.69) is 42.8 Å². The van der Waals surface area contributed by atoms with Crippen molar-refractivity contribution in [1.29, 1.82) is 0 Å². The van der Waals surface area contributed by atoms with Gasteiger partial charge in [0.25, 0.3) is 0 Å². The Morgan fingerprint density at radius 3 is 2.23 bits per heavy atom. The Balaban J connectivity index is 0.948. The molecule has 3 heterocycles. The normalized spacial score (nSPS) is 21.9. The van der Waals surface area contributed by atoms with Crippen molar-refractivity contribution >= 4 is 23.2 Å². The van der Waals surface area contributed by atoms with Crippen molar-refractivity contribution < 1.29 is 59.2 Å². The molecule has 1 aliphatic heterocycles. The molecule has 0 bridgehead atoms. The molecule has 8 unspecified atom stereocenters. The van der Waals surface area contributed by atoms with Crippen LogP contribution in [0, 0.1) is 0 Å². The van der Waals surface area contributed by atoms with E-state index >= 15 is 0 Å². The van der Waals surface area contributed by atoms with Crippen molar-refractivity contribution in [3.8, 4) is 17.2 Å². The number of nitrogens with two attached hydrogens (primary N) is 1. The fourth-order valence-corrected chi connectivity index (χ4v) is 11.1. The van der Waals surface area contributed by atoms with Gasteiger partial charge in [-0.15, -0.1) is 5.10 Å². The van der Waals surface area contributed by atoms with Crippen LogP contribution in [0.1, 0.15) is 203 Å². The number of amides is 1. The summed E-state index contributed by atoms with van der Waals surface area (Å²) in [4.78, 5) is 53.5. The van der Waals surface area contributed by atoms with Crippen molar-refractivity contribution in [3.05, 3.63) is 81.7 Å². The Kier molecular flexibility index (Phi) is 22.3. The highest BCUT2D eigenvalue weighted by Crippen LogP contribution is 2.52. The number of nitrogens with zero attached hydrogens (tertiary/aromatic N) is 5. The van der Waals surface area contributed by atoms with Gasteiger partial charge in [0.15, 0.2) is 12.1 Å². The van der Waals surface area contributed by atoms with Gasteiger partial charge >= 0.3 is 0 Å². The zero-order chi connectivity index (χ0) is 55.8. The lowest BCUT2D eigenvalue weighted by molar-refractivity contribution is -0.245. The number of fused-ring (bicyclic) bond motifs is 3. The van der Waals surface area contributed by atoms with Gasteiger partial charge in [-0.1, -0.05) is 127 Å². The number of aromatic amines is 1. The zero-order valence-corrected chi connectivity index (χ0v) is 45.6. The number of aromatic nitrogens is 5. The van der Waals surface area contributed by atoms with Crippen molar-refractivity contribution in [2.45, 2.75) is 217 Å². The third-order valence-corrected chi connectivity index (χ3v) is 15.5. The van der Waals surface area contributed by atoms with Crippen LogP contribution in [0.4, 0.5) is 0 Å². The Labute approximate surface area is 456 Å². The summed E-state index contributed by atoms with van der Waals surface area (Å²) in [5.74, 6) is -3.17. The quantitative estimate of drug-likeness (QED) is 0.0102. The van der Waals surface area contributed by atoms with Gasteiger partial charge in [-0.2, -0.15) is 0 Å². The number of imidazole rings is 1. The lowest BCUT2D eigenvalue weighted by Gasteiger charge is -2.43. The van der Waals surface area contributed by atoms with E-state index in [-0.39, 0.29) is 65.7 Å². The molecule has 1 saturated heterocycles. The third-order valence-electron chi connectivity index (χ3n) is 15.5. The smallest absolute Gasteiger partial charge is 0.237 e. The number of ketones is 2. The molecule has 78 heavy (non-hydrogen) atoms. The first-order valence-corrected chi connectivity index (χ1v) is 28.2. The number of carbonyl (C=O) groups is 3. The molecule has 7 rings (SSSR count). The molecule has 3 aliphatic rings. The molecule has 21 nitrogen and oxygen atoms in total. The number of aliphatic hydroxyl groups is 4.